The molecule has 0 bridgehead atoms. The Morgan fingerprint density at radius 1 is 1.23 bits per heavy atom. The fourth-order valence-electron chi connectivity index (χ4n) is 2.19. The summed E-state index contributed by atoms with van der Waals surface area (Å²) >= 11 is 6.13. The molecule has 114 valence electrons. The Labute approximate surface area is 131 Å². The van der Waals surface area contributed by atoms with E-state index < -0.39 is 0 Å². The lowest BCUT2D eigenvalue weighted by Crippen LogP contribution is -2.04. The van der Waals surface area contributed by atoms with Crippen LogP contribution < -0.4 is 4.74 Å². The van der Waals surface area contributed by atoms with E-state index in [1.54, 1.807) is 25.4 Å². The van der Waals surface area contributed by atoms with Crippen LogP contribution in [0.5, 0.6) is 5.75 Å². The SMILES string of the molecule is COCCOc1cc(F)cc(-c2cc3c(Cl)ccnc3[nH]2)c1. The highest BCUT2D eigenvalue weighted by Crippen LogP contribution is 2.30. The molecule has 22 heavy (non-hydrogen) atoms. The molecule has 2 aromatic heterocycles. The van der Waals surface area contributed by atoms with Crippen molar-refractivity contribution in [1.29, 1.82) is 0 Å². The lowest BCUT2D eigenvalue weighted by Gasteiger charge is -2.07. The smallest absolute Gasteiger partial charge is 0.139 e. The molecule has 0 aliphatic rings. The van der Waals surface area contributed by atoms with Gasteiger partial charge in [-0.2, -0.15) is 0 Å². The maximum Gasteiger partial charge on any atom is 0.139 e. The van der Waals surface area contributed by atoms with Gasteiger partial charge in [0.25, 0.3) is 0 Å². The Kier molecular flexibility index (Phi) is 4.27. The van der Waals surface area contributed by atoms with Crippen LogP contribution in [0.1, 0.15) is 0 Å². The average Bonchev–Trinajstić information content (AvgIpc) is 2.93. The van der Waals surface area contributed by atoms with E-state index in [0.717, 1.165) is 11.1 Å². The van der Waals surface area contributed by atoms with Gasteiger partial charge in [0.2, 0.25) is 0 Å². The zero-order valence-corrected chi connectivity index (χ0v) is 12.7. The Bertz CT molecular complexity index is 804. The first-order chi connectivity index (χ1) is 10.7. The largest absolute Gasteiger partial charge is 0.491 e. The van der Waals surface area contributed by atoms with Crippen molar-refractivity contribution in [3.05, 3.63) is 47.4 Å². The zero-order chi connectivity index (χ0) is 15.5. The highest BCUT2D eigenvalue weighted by atomic mass is 35.5. The summed E-state index contributed by atoms with van der Waals surface area (Å²) in [5.41, 5.74) is 2.06. The normalized spacial score (nSPS) is 11.0. The van der Waals surface area contributed by atoms with E-state index in [2.05, 4.69) is 9.97 Å². The van der Waals surface area contributed by atoms with Gasteiger partial charge in [-0.1, -0.05) is 11.6 Å². The predicted molar refractivity (Wildman–Crippen MR) is 83.9 cm³/mol. The van der Waals surface area contributed by atoms with Gasteiger partial charge in [0, 0.05) is 36.0 Å². The number of hydrogen-bond acceptors (Lipinski definition) is 3. The maximum absolute atomic E-state index is 13.8. The number of hydrogen-bond donors (Lipinski definition) is 1. The number of fused-ring (bicyclic) bond motifs is 1. The van der Waals surface area contributed by atoms with Crippen LogP contribution in [0.25, 0.3) is 22.3 Å². The number of halogens is 2. The maximum atomic E-state index is 13.8. The number of benzene rings is 1. The molecule has 0 unspecified atom stereocenters. The van der Waals surface area contributed by atoms with Gasteiger partial charge in [-0.05, 0) is 24.3 Å². The van der Waals surface area contributed by atoms with Crippen molar-refractivity contribution < 1.29 is 13.9 Å². The number of nitrogens with one attached hydrogen (secondary N) is 1. The van der Waals surface area contributed by atoms with E-state index >= 15 is 0 Å². The van der Waals surface area contributed by atoms with Gasteiger partial charge < -0.3 is 14.5 Å². The van der Waals surface area contributed by atoms with Crippen molar-refractivity contribution in [2.24, 2.45) is 0 Å². The fourth-order valence-corrected chi connectivity index (χ4v) is 2.39. The second-order valence-electron chi connectivity index (χ2n) is 4.75. The number of H-pyrrole nitrogens is 1. The summed E-state index contributed by atoms with van der Waals surface area (Å²) in [6.45, 7) is 0.803. The van der Waals surface area contributed by atoms with Crippen LogP contribution in [0.3, 0.4) is 0 Å². The quantitative estimate of drug-likeness (QED) is 0.721. The standard InChI is InChI=1S/C16H14ClFN2O2/c1-21-4-5-22-12-7-10(6-11(18)8-12)15-9-13-14(17)2-3-19-16(13)20-15/h2-3,6-9H,4-5H2,1H3,(H,19,20). The summed E-state index contributed by atoms with van der Waals surface area (Å²) in [6.07, 6.45) is 1.62. The van der Waals surface area contributed by atoms with E-state index in [1.807, 2.05) is 6.07 Å². The van der Waals surface area contributed by atoms with E-state index in [9.17, 15) is 4.39 Å². The first kappa shape index (κ1) is 14.8. The van der Waals surface area contributed by atoms with Gasteiger partial charge in [-0.15, -0.1) is 0 Å². The second kappa shape index (κ2) is 6.34. The molecule has 0 saturated heterocycles. The molecule has 3 aromatic rings. The summed E-state index contributed by atoms with van der Waals surface area (Å²) in [6, 6.07) is 8.09. The van der Waals surface area contributed by atoms with Gasteiger partial charge in [-0.25, -0.2) is 9.37 Å². The average molecular weight is 321 g/mol. The summed E-state index contributed by atoms with van der Waals surface area (Å²) in [7, 11) is 1.58. The summed E-state index contributed by atoms with van der Waals surface area (Å²) in [4.78, 5) is 7.34. The zero-order valence-electron chi connectivity index (χ0n) is 11.9. The minimum Gasteiger partial charge on any atom is -0.491 e. The highest BCUT2D eigenvalue weighted by molar-refractivity contribution is 6.35. The Morgan fingerprint density at radius 2 is 2.09 bits per heavy atom. The monoisotopic (exact) mass is 320 g/mol. The van der Waals surface area contributed by atoms with E-state index in [1.165, 1.54) is 12.1 Å². The van der Waals surface area contributed by atoms with Crippen molar-refractivity contribution in [3.8, 4) is 17.0 Å². The lowest BCUT2D eigenvalue weighted by atomic mass is 10.1. The molecule has 2 heterocycles. The molecule has 0 radical (unpaired) electrons. The van der Waals surface area contributed by atoms with Crippen molar-refractivity contribution in [2.45, 2.75) is 0 Å². The van der Waals surface area contributed by atoms with Gasteiger partial charge in [0.1, 0.15) is 23.8 Å². The number of rotatable bonds is 5. The number of methoxy groups -OCH3 is 1. The molecule has 1 aromatic carbocycles. The molecule has 0 saturated carbocycles. The molecule has 0 aliphatic heterocycles. The van der Waals surface area contributed by atoms with Crippen molar-refractivity contribution >= 4 is 22.6 Å². The van der Waals surface area contributed by atoms with Crippen LogP contribution in [0.2, 0.25) is 5.02 Å². The van der Waals surface area contributed by atoms with E-state index in [-0.39, 0.29) is 5.82 Å². The van der Waals surface area contributed by atoms with Crippen LogP contribution >= 0.6 is 11.6 Å². The third kappa shape index (κ3) is 3.05. The van der Waals surface area contributed by atoms with Gasteiger partial charge in [-0.3, -0.25) is 0 Å². The Morgan fingerprint density at radius 3 is 2.86 bits per heavy atom. The topological polar surface area (TPSA) is 47.1 Å². The van der Waals surface area contributed by atoms with Crippen molar-refractivity contribution in [2.75, 3.05) is 20.3 Å². The van der Waals surface area contributed by atoms with Crippen LogP contribution in [0.4, 0.5) is 4.39 Å². The number of nitrogens with zero attached hydrogens (tertiary/aromatic N) is 1. The predicted octanol–water partition coefficient (Wildman–Crippen LogP) is 4.05. The third-order valence-corrected chi connectivity index (χ3v) is 3.55. The van der Waals surface area contributed by atoms with Gasteiger partial charge in [0.05, 0.1) is 11.6 Å². The first-order valence-corrected chi connectivity index (χ1v) is 7.11. The molecular formula is C16H14ClFN2O2. The van der Waals surface area contributed by atoms with Crippen molar-refractivity contribution in [1.82, 2.24) is 9.97 Å². The third-order valence-electron chi connectivity index (χ3n) is 3.22. The van der Waals surface area contributed by atoms with Gasteiger partial charge in [0.15, 0.2) is 0 Å². The minimum atomic E-state index is -0.373. The molecule has 0 atom stereocenters. The molecule has 4 nitrogen and oxygen atoms in total. The number of aromatic amines is 1. The van der Waals surface area contributed by atoms with E-state index in [0.29, 0.717) is 35.2 Å². The van der Waals surface area contributed by atoms with Gasteiger partial charge >= 0.3 is 0 Å². The molecule has 0 aliphatic carbocycles. The number of pyridine rings is 1. The Hall–Kier alpha value is -2.11. The van der Waals surface area contributed by atoms with E-state index in [4.69, 9.17) is 21.1 Å². The Balaban J connectivity index is 1.97. The van der Waals surface area contributed by atoms with Crippen LogP contribution in [0, 0.1) is 5.82 Å². The number of ether oxygens (including phenoxy) is 2. The number of aromatic nitrogens is 2. The van der Waals surface area contributed by atoms with Crippen molar-refractivity contribution in [3.63, 3.8) is 0 Å². The first-order valence-electron chi connectivity index (χ1n) is 6.73. The highest BCUT2D eigenvalue weighted by Gasteiger charge is 2.09. The minimum absolute atomic E-state index is 0.361. The molecule has 6 heteroatoms. The molecule has 0 fully saturated rings. The molecule has 1 N–H and O–H groups in total. The van der Waals surface area contributed by atoms with Crippen LogP contribution in [-0.4, -0.2) is 30.3 Å². The van der Waals surface area contributed by atoms with Crippen LogP contribution in [-0.2, 0) is 4.74 Å². The molecule has 0 amide bonds. The van der Waals surface area contributed by atoms with Crippen LogP contribution in [0.15, 0.2) is 36.5 Å². The summed E-state index contributed by atoms with van der Waals surface area (Å²) in [5, 5.41) is 1.39. The molecule has 3 rings (SSSR count). The summed E-state index contributed by atoms with van der Waals surface area (Å²) in [5.74, 6) is 0.0763. The molecular weight excluding hydrogens is 307 g/mol. The lowest BCUT2D eigenvalue weighted by molar-refractivity contribution is 0.146. The summed E-state index contributed by atoms with van der Waals surface area (Å²) < 4.78 is 24.2. The second-order valence-corrected chi connectivity index (χ2v) is 5.16. The fraction of sp³-hybridized carbons (Fsp3) is 0.188. The molecule has 0 spiro atoms.